The molecule has 1 rings (SSSR count). The highest BCUT2D eigenvalue weighted by Gasteiger charge is 1.97. The van der Waals surface area contributed by atoms with E-state index < -0.39 is 0 Å². The van der Waals surface area contributed by atoms with Crippen LogP contribution >= 0.6 is 0 Å². The zero-order chi connectivity index (χ0) is 12.5. The van der Waals surface area contributed by atoms with E-state index in [9.17, 15) is 0 Å². The summed E-state index contributed by atoms with van der Waals surface area (Å²) in [5.41, 5.74) is 2.67. The Hall–Kier alpha value is -0.900. The SMILES string of the molecule is COCCN(C)CCNCc1cccc(C)c1. The lowest BCUT2D eigenvalue weighted by Gasteiger charge is -2.16. The summed E-state index contributed by atoms with van der Waals surface area (Å²) in [6.07, 6.45) is 0. The maximum atomic E-state index is 5.04. The average molecular weight is 236 g/mol. The van der Waals surface area contributed by atoms with Crippen molar-refractivity contribution in [3.63, 3.8) is 0 Å². The normalized spacial score (nSPS) is 11.1. The molecule has 3 heteroatoms. The lowest BCUT2D eigenvalue weighted by atomic mass is 10.1. The van der Waals surface area contributed by atoms with Crippen LogP contribution in [0.1, 0.15) is 11.1 Å². The first-order valence-corrected chi connectivity index (χ1v) is 6.16. The summed E-state index contributed by atoms with van der Waals surface area (Å²) in [5, 5.41) is 3.45. The molecule has 0 radical (unpaired) electrons. The molecule has 0 aromatic heterocycles. The monoisotopic (exact) mass is 236 g/mol. The van der Waals surface area contributed by atoms with Crippen LogP contribution in [-0.2, 0) is 11.3 Å². The predicted molar refractivity (Wildman–Crippen MR) is 72.3 cm³/mol. The van der Waals surface area contributed by atoms with E-state index in [-0.39, 0.29) is 0 Å². The molecule has 1 aromatic carbocycles. The first kappa shape index (κ1) is 14.2. The smallest absolute Gasteiger partial charge is 0.0589 e. The standard InChI is InChI=1S/C14H24N2O/c1-13-5-4-6-14(11-13)12-15-7-8-16(2)9-10-17-3/h4-6,11,15H,7-10,12H2,1-3H3. The molecule has 0 saturated carbocycles. The van der Waals surface area contributed by atoms with Crippen molar-refractivity contribution in [2.45, 2.75) is 13.5 Å². The predicted octanol–water partition coefficient (Wildman–Crippen LogP) is 1.66. The molecular weight excluding hydrogens is 212 g/mol. The Balaban J connectivity index is 2.11. The van der Waals surface area contributed by atoms with Gasteiger partial charge in [0.1, 0.15) is 0 Å². The fourth-order valence-electron chi connectivity index (χ4n) is 1.68. The Kier molecular flexibility index (Phi) is 6.86. The maximum Gasteiger partial charge on any atom is 0.0589 e. The molecule has 0 aliphatic rings. The van der Waals surface area contributed by atoms with Gasteiger partial charge in [-0.2, -0.15) is 0 Å². The molecule has 0 unspecified atom stereocenters. The van der Waals surface area contributed by atoms with E-state index in [0.717, 1.165) is 32.8 Å². The zero-order valence-electron chi connectivity index (χ0n) is 11.2. The first-order valence-electron chi connectivity index (χ1n) is 6.16. The molecule has 0 fully saturated rings. The largest absolute Gasteiger partial charge is 0.383 e. The summed E-state index contributed by atoms with van der Waals surface area (Å²) in [7, 11) is 3.86. The van der Waals surface area contributed by atoms with Crippen LogP contribution in [0.25, 0.3) is 0 Å². The summed E-state index contributed by atoms with van der Waals surface area (Å²) < 4.78 is 5.04. The lowest BCUT2D eigenvalue weighted by Crippen LogP contribution is -2.31. The summed E-state index contributed by atoms with van der Waals surface area (Å²) in [5.74, 6) is 0. The van der Waals surface area contributed by atoms with Gasteiger partial charge in [-0.05, 0) is 19.5 Å². The van der Waals surface area contributed by atoms with Gasteiger partial charge in [0.2, 0.25) is 0 Å². The molecule has 96 valence electrons. The third-order valence-electron chi connectivity index (χ3n) is 2.76. The van der Waals surface area contributed by atoms with Crippen LogP contribution in [-0.4, -0.2) is 45.3 Å². The molecule has 1 N–H and O–H groups in total. The van der Waals surface area contributed by atoms with Crippen LogP contribution in [0.3, 0.4) is 0 Å². The number of nitrogens with one attached hydrogen (secondary N) is 1. The summed E-state index contributed by atoms with van der Waals surface area (Å²) in [6, 6.07) is 8.62. The number of likely N-dealkylation sites (N-methyl/N-ethyl adjacent to an activating group) is 1. The molecule has 3 nitrogen and oxygen atoms in total. The molecular formula is C14H24N2O. The number of benzene rings is 1. The minimum Gasteiger partial charge on any atom is -0.383 e. The molecule has 0 aliphatic heterocycles. The molecule has 0 amide bonds. The molecule has 0 atom stereocenters. The van der Waals surface area contributed by atoms with Crippen LogP contribution in [0.15, 0.2) is 24.3 Å². The van der Waals surface area contributed by atoms with E-state index in [0.29, 0.717) is 0 Å². The Morgan fingerprint density at radius 2 is 2.12 bits per heavy atom. The van der Waals surface area contributed by atoms with Gasteiger partial charge in [-0.1, -0.05) is 29.8 Å². The number of hydrogen-bond donors (Lipinski definition) is 1. The second-order valence-electron chi connectivity index (χ2n) is 4.46. The Morgan fingerprint density at radius 1 is 1.29 bits per heavy atom. The lowest BCUT2D eigenvalue weighted by molar-refractivity contribution is 0.161. The van der Waals surface area contributed by atoms with Gasteiger partial charge in [0.15, 0.2) is 0 Å². The quantitative estimate of drug-likeness (QED) is 0.695. The van der Waals surface area contributed by atoms with Crippen molar-refractivity contribution in [3.05, 3.63) is 35.4 Å². The molecule has 0 spiro atoms. The highest BCUT2D eigenvalue weighted by atomic mass is 16.5. The van der Waals surface area contributed by atoms with E-state index in [2.05, 4.69) is 48.5 Å². The minimum atomic E-state index is 0.800. The Morgan fingerprint density at radius 3 is 2.82 bits per heavy atom. The highest BCUT2D eigenvalue weighted by Crippen LogP contribution is 2.02. The second kappa shape index (κ2) is 8.23. The van der Waals surface area contributed by atoms with Crippen molar-refractivity contribution < 1.29 is 4.74 Å². The third kappa shape index (κ3) is 6.41. The van der Waals surface area contributed by atoms with E-state index in [4.69, 9.17) is 4.74 Å². The molecule has 0 saturated heterocycles. The van der Waals surface area contributed by atoms with Gasteiger partial charge in [0, 0.05) is 33.3 Å². The third-order valence-corrected chi connectivity index (χ3v) is 2.76. The van der Waals surface area contributed by atoms with Crippen molar-refractivity contribution in [2.24, 2.45) is 0 Å². The number of aryl methyl sites for hydroxylation is 1. The fraction of sp³-hybridized carbons (Fsp3) is 0.571. The summed E-state index contributed by atoms with van der Waals surface area (Å²) in [4.78, 5) is 2.27. The summed E-state index contributed by atoms with van der Waals surface area (Å²) >= 11 is 0. The van der Waals surface area contributed by atoms with E-state index >= 15 is 0 Å². The second-order valence-corrected chi connectivity index (χ2v) is 4.46. The van der Waals surface area contributed by atoms with Gasteiger partial charge in [-0.15, -0.1) is 0 Å². The van der Waals surface area contributed by atoms with E-state index in [1.54, 1.807) is 7.11 Å². The van der Waals surface area contributed by atoms with E-state index in [1.165, 1.54) is 11.1 Å². The highest BCUT2D eigenvalue weighted by molar-refractivity contribution is 5.21. The van der Waals surface area contributed by atoms with Gasteiger partial charge >= 0.3 is 0 Å². The van der Waals surface area contributed by atoms with Crippen LogP contribution in [0, 0.1) is 6.92 Å². The molecule has 0 aliphatic carbocycles. The van der Waals surface area contributed by atoms with E-state index in [1.807, 2.05) is 0 Å². The number of hydrogen-bond acceptors (Lipinski definition) is 3. The summed E-state index contributed by atoms with van der Waals surface area (Å²) in [6.45, 7) is 6.92. The Bertz CT molecular complexity index is 315. The number of ether oxygens (including phenoxy) is 1. The maximum absolute atomic E-state index is 5.04. The number of rotatable bonds is 8. The molecule has 0 bridgehead atoms. The number of nitrogens with zero attached hydrogens (tertiary/aromatic N) is 1. The van der Waals surface area contributed by atoms with Gasteiger partial charge in [-0.25, -0.2) is 0 Å². The number of methoxy groups -OCH3 is 1. The van der Waals surface area contributed by atoms with Crippen molar-refractivity contribution in [1.29, 1.82) is 0 Å². The van der Waals surface area contributed by atoms with Gasteiger partial charge in [-0.3, -0.25) is 0 Å². The topological polar surface area (TPSA) is 24.5 Å². The van der Waals surface area contributed by atoms with Gasteiger partial charge < -0.3 is 15.0 Å². The van der Waals surface area contributed by atoms with Crippen LogP contribution in [0.4, 0.5) is 0 Å². The van der Waals surface area contributed by atoms with Crippen LogP contribution < -0.4 is 5.32 Å². The van der Waals surface area contributed by atoms with Crippen molar-refractivity contribution in [2.75, 3.05) is 40.4 Å². The average Bonchev–Trinajstić information content (AvgIpc) is 2.32. The molecule has 0 heterocycles. The minimum absolute atomic E-state index is 0.800. The first-order chi connectivity index (χ1) is 8.22. The van der Waals surface area contributed by atoms with Gasteiger partial charge in [0.25, 0.3) is 0 Å². The van der Waals surface area contributed by atoms with Crippen LogP contribution in [0.5, 0.6) is 0 Å². The van der Waals surface area contributed by atoms with Gasteiger partial charge in [0.05, 0.1) is 6.61 Å². The van der Waals surface area contributed by atoms with Crippen molar-refractivity contribution in [3.8, 4) is 0 Å². The van der Waals surface area contributed by atoms with Crippen molar-refractivity contribution >= 4 is 0 Å². The fourth-order valence-corrected chi connectivity index (χ4v) is 1.68. The molecule has 1 aromatic rings. The van der Waals surface area contributed by atoms with Crippen molar-refractivity contribution in [1.82, 2.24) is 10.2 Å². The molecule has 17 heavy (non-hydrogen) atoms. The zero-order valence-corrected chi connectivity index (χ0v) is 11.2. The Labute approximate surface area is 105 Å². The van der Waals surface area contributed by atoms with Crippen LogP contribution in [0.2, 0.25) is 0 Å².